The molecule has 1 N–H and O–H groups in total. The zero-order valence-corrected chi connectivity index (χ0v) is 26.4. The quantitative estimate of drug-likeness (QED) is 0.250. The first-order valence-corrected chi connectivity index (χ1v) is 15.8. The van der Waals surface area contributed by atoms with E-state index in [0.29, 0.717) is 27.7 Å². The Hall–Kier alpha value is -3.07. The molecular weight excluding hydrogens is 581 g/mol. The minimum atomic E-state index is -4.14. The Kier molecular flexibility index (Phi) is 11.2. The van der Waals surface area contributed by atoms with Crippen LogP contribution in [0.15, 0.2) is 71.6 Å². The van der Waals surface area contributed by atoms with Gasteiger partial charge in [-0.05, 0) is 86.7 Å². The highest BCUT2D eigenvalue weighted by Crippen LogP contribution is 2.28. The number of amides is 2. The first-order valence-electron chi connectivity index (χ1n) is 13.6. The van der Waals surface area contributed by atoms with Crippen molar-refractivity contribution in [2.24, 2.45) is 0 Å². The summed E-state index contributed by atoms with van der Waals surface area (Å²) in [6.45, 7) is 8.87. The van der Waals surface area contributed by atoms with Crippen LogP contribution in [-0.2, 0) is 26.2 Å². The van der Waals surface area contributed by atoms with Gasteiger partial charge in [-0.15, -0.1) is 0 Å². The normalized spacial score (nSPS) is 12.9. The molecule has 0 aliphatic rings. The Labute approximate surface area is 253 Å². The van der Waals surface area contributed by atoms with Crippen LogP contribution in [-0.4, -0.2) is 43.8 Å². The van der Waals surface area contributed by atoms with E-state index in [4.69, 9.17) is 23.2 Å². The van der Waals surface area contributed by atoms with Gasteiger partial charge in [0.25, 0.3) is 10.0 Å². The van der Waals surface area contributed by atoms with Crippen LogP contribution in [0.4, 0.5) is 5.69 Å². The van der Waals surface area contributed by atoms with Gasteiger partial charge in [0, 0.05) is 22.6 Å². The van der Waals surface area contributed by atoms with Gasteiger partial charge in [0.2, 0.25) is 11.8 Å². The Balaban J connectivity index is 2.10. The molecule has 3 aromatic rings. The lowest BCUT2D eigenvalue weighted by Gasteiger charge is -2.34. The summed E-state index contributed by atoms with van der Waals surface area (Å²) in [5.41, 5.74) is 2.65. The van der Waals surface area contributed by atoms with E-state index in [1.807, 2.05) is 40.7 Å². The SMILES string of the molecule is CC[C@H](C)NC(=O)[C@H](CC)N(Cc1ccc(Cl)cc1Cl)C(=O)CN(c1cc(C)cc(C)c1)S(=O)(=O)c1ccccc1. The molecule has 0 aliphatic heterocycles. The van der Waals surface area contributed by atoms with Crippen molar-refractivity contribution in [3.8, 4) is 0 Å². The molecule has 0 saturated carbocycles. The van der Waals surface area contributed by atoms with Crippen LogP contribution < -0.4 is 9.62 Å². The van der Waals surface area contributed by atoms with Gasteiger partial charge in [0.1, 0.15) is 12.6 Å². The second-order valence-electron chi connectivity index (χ2n) is 10.2. The fraction of sp³-hybridized carbons (Fsp3) is 0.355. The van der Waals surface area contributed by atoms with Crippen LogP contribution in [0.2, 0.25) is 10.0 Å². The van der Waals surface area contributed by atoms with E-state index in [0.717, 1.165) is 21.9 Å². The van der Waals surface area contributed by atoms with E-state index in [1.54, 1.807) is 48.5 Å². The third kappa shape index (κ3) is 8.24. The van der Waals surface area contributed by atoms with Gasteiger partial charge in [0.05, 0.1) is 10.6 Å². The highest BCUT2D eigenvalue weighted by atomic mass is 35.5. The summed E-state index contributed by atoms with van der Waals surface area (Å²) < 4.78 is 29.0. The number of anilines is 1. The molecule has 0 unspecified atom stereocenters. The average Bonchev–Trinajstić information content (AvgIpc) is 2.92. The molecule has 2 amide bonds. The number of hydrogen-bond donors (Lipinski definition) is 1. The van der Waals surface area contributed by atoms with Gasteiger partial charge < -0.3 is 10.2 Å². The third-order valence-electron chi connectivity index (χ3n) is 6.85. The van der Waals surface area contributed by atoms with Crippen molar-refractivity contribution in [1.82, 2.24) is 10.2 Å². The maximum Gasteiger partial charge on any atom is 0.264 e. The van der Waals surface area contributed by atoms with E-state index >= 15 is 0 Å². The number of nitrogens with one attached hydrogen (secondary N) is 1. The van der Waals surface area contributed by atoms with Gasteiger partial charge in [0.15, 0.2) is 0 Å². The molecular formula is C31H37Cl2N3O4S. The molecule has 220 valence electrons. The number of hydrogen-bond acceptors (Lipinski definition) is 4. The Bertz CT molecular complexity index is 1460. The van der Waals surface area contributed by atoms with Gasteiger partial charge in [-0.1, -0.05) is 67.4 Å². The molecule has 3 aromatic carbocycles. The van der Waals surface area contributed by atoms with E-state index in [1.165, 1.54) is 17.0 Å². The number of rotatable bonds is 12. The second-order valence-corrected chi connectivity index (χ2v) is 12.9. The number of nitrogens with zero attached hydrogens (tertiary/aromatic N) is 2. The van der Waals surface area contributed by atoms with Crippen LogP contribution >= 0.6 is 23.2 Å². The third-order valence-corrected chi connectivity index (χ3v) is 9.22. The molecule has 41 heavy (non-hydrogen) atoms. The molecule has 0 heterocycles. The lowest BCUT2D eigenvalue weighted by molar-refractivity contribution is -0.140. The highest BCUT2D eigenvalue weighted by Gasteiger charge is 2.34. The summed E-state index contributed by atoms with van der Waals surface area (Å²) in [4.78, 5) is 29.0. The Morgan fingerprint density at radius 3 is 2.10 bits per heavy atom. The number of sulfonamides is 1. The van der Waals surface area contributed by atoms with Crippen molar-refractivity contribution < 1.29 is 18.0 Å². The Morgan fingerprint density at radius 1 is 0.902 bits per heavy atom. The second kappa shape index (κ2) is 14.2. The number of aryl methyl sites for hydroxylation is 2. The predicted molar refractivity (Wildman–Crippen MR) is 166 cm³/mol. The molecule has 10 heteroatoms. The van der Waals surface area contributed by atoms with Crippen LogP contribution in [0.25, 0.3) is 0 Å². The number of carbonyl (C=O) groups is 2. The van der Waals surface area contributed by atoms with Crippen molar-refractivity contribution in [1.29, 1.82) is 0 Å². The van der Waals surface area contributed by atoms with Crippen molar-refractivity contribution in [3.63, 3.8) is 0 Å². The molecule has 0 saturated heterocycles. The lowest BCUT2D eigenvalue weighted by atomic mass is 10.1. The summed E-state index contributed by atoms with van der Waals surface area (Å²) in [5, 5.41) is 3.74. The molecule has 0 bridgehead atoms. The summed E-state index contributed by atoms with van der Waals surface area (Å²) in [5.74, 6) is -0.856. The van der Waals surface area contributed by atoms with E-state index in [9.17, 15) is 18.0 Å². The maximum absolute atomic E-state index is 14.2. The topological polar surface area (TPSA) is 86.8 Å². The fourth-order valence-electron chi connectivity index (χ4n) is 4.54. The number of halogens is 2. The van der Waals surface area contributed by atoms with E-state index < -0.39 is 28.5 Å². The van der Waals surface area contributed by atoms with Gasteiger partial charge in [-0.3, -0.25) is 13.9 Å². The first-order chi connectivity index (χ1) is 19.4. The molecule has 2 atom stereocenters. The fourth-order valence-corrected chi connectivity index (χ4v) is 6.42. The summed E-state index contributed by atoms with van der Waals surface area (Å²) in [6, 6.07) is 17.4. The first kappa shape index (κ1) is 32.4. The lowest BCUT2D eigenvalue weighted by Crippen LogP contribution is -2.53. The molecule has 0 fully saturated rings. The summed E-state index contributed by atoms with van der Waals surface area (Å²) >= 11 is 12.6. The molecule has 0 spiro atoms. The number of benzene rings is 3. The minimum Gasteiger partial charge on any atom is -0.352 e. The van der Waals surface area contributed by atoms with Crippen molar-refractivity contribution in [2.75, 3.05) is 10.8 Å². The van der Waals surface area contributed by atoms with Crippen molar-refractivity contribution in [3.05, 3.63) is 93.5 Å². The maximum atomic E-state index is 14.2. The van der Waals surface area contributed by atoms with Crippen LogP contribution in [0, 0.1) is 13.8 Å². The molecule has 3 rings (SSSR count). The minimum absolute atomic E-state index is 0.00661. The standard InChI is InChI=1S/C31H37Cl2N3O4S/c1-6-23(5)34-31(38)29(7-2)35(19-24-13-14-25(32)18-28(24)33)30(37)20-36(26-16-21(3)15-22(4)17-26)41(39,40)27-11-9-8-10-12-27/h8-18,23,29H,6-7,19-20H2,1-5H3,(H,34,38)/t23-,29-/m0/s1. The van der Waals surface area contributed by atoms with Crippen LogP contribution in [0.1, 0.15) is 50.3 Å². The highest BCUT2D eigenvalue weighted by molar-refractivity contribution is 7.92. The monoisotopic (exact) mass is 617 g/mol. The smallest absolute Gasteiger partial charge is 0.264 e. The van der Waals surface area contributed by atoms with Gasteiger partial charge in [-0.25, -0.2) is 8.42 Å². The average molecular weight is 619 g/mol. The van der Waals surface area contributed by atoms with E-state index in [2.05, 4.69) is 5.32 Å². The van der Waals surface area contributed by atoms with Gasteiger partial charge >= 0.3 is 0 Å². The number of carbonyl (C=O) groups excluding carboxylic acids is 2. The summed E-state index contributed by atoms with van der Waals surface area (Å²) in [6.07, 6.45) is 1.03. The molecule has 0 aromatic heterocycles. The Morgan fingerprint density at radius 2 is 1.54 bits per heavy atom. The van der Waals surface area contributed by atoms with Crippen LogP contribution in [0.5, 0.6) is 0 Å². The zero-order chi connectivity index (χ0) is 30.3. The largest absolute Gasteiger partial charge is 0.352 e. The molecule has 7 nitrogen and oxygen atoms in total. The van der Waals surface area contributed by atoms with Crippen molar-refractivity contribution >= 4 is 50.7 Å². The van der Waals surface area contributed by atoms with Gasteiger partial charge in [-0.2, -0.15) is 0 Å². The summed E-state index contributed by atoms with van der Waals surface area (Å²) in [7, 11) is -4.14. The zero-order valence-electron chi connectivity index (χ0n) is 24.0. The van der Waals surface area contributed by atoms with Crippen LogP contribution in [0.3, 0.4) is 0 Å². The molecule has 0 aliphatic carbocycles. The predicted octanol–water partition coefficient (Wildman–Crippen LogP) is 6.53. The van der Waals surface area contributed by atoms with E-state index in [-0.39, 0.29) is 23.4 Å². The van der Waals surface area contributed by atoms with Crippen molar-refractivity contribution in [2.45, 2.75) is 71.0 Å². The molecule has 0 radical (unpaired) electrons.